The number of nitrogens with two attached hydrogens (primary N) is 1. The number of piperidine rings is 1. The summed E-state index contributed by atoms with van der Waals surface area (Å²) in [6, 6.07) is 4.64. The van der Waals surface area contributed by atoms with Crippen molar-refractivity contribution in [3.63, 3.8) is 0 Å². The number of nitrogens with one attached hydrogen (secondary N) is 3. The molecule has 2 aliphatic heterocycles. The third kappa shape index (κ3) is 4.05. The molecule has 0 aliphatic carbocycles. The van der Waals surface area contributed by atoms with Gasteiger partial charge in [-0.2, -0.15) is 13.2 Å². The van der Waals surface area contributed by atoms with Crippen molar-refractivity contribution in [3.8, 4) is 0 Å². The SMILES string of the molecule is NN/C(=C1\NC=Nc2[nH]ccc21)C1CCN(Cc2ccc(C(F)(F)F)cc2F)CC1. The number of hydrogen-bond donors (Lipinski definition) is 4. The lowest BCUT2D eigenvalue weighted by Crippen LogP contribution is -2.39. The fraction of sp³-hybridized carbons (Fsp3) is 0.350. The molecule has 160 valence electrons. The van der Waals surface area contributed by atoms with Gasteiger partial charge < -0.3 is 15.7 Å². The first kappa shape index (κ1) is 20.4. The predicted molar refractivity (Wildman–Crippen MR) is 106 cm³/mol. The molecule has 2 aromatic rings. The van der Waals surface area contributed by atoms with E-state index in [1.807, 2.05) is 17.2 Å². The van der Waals surface area contributed by atoms with Crippen LogP contribution in [0.5, 0.6) is 0 Å². The number of alkyl halides is 3. The lowest BCUT2D eigenvalue weighted by atomic mass is 9.90. The van der Waals surface area contributed by atoms with Crippen LogP contribution in [-0.4, -0.2) is 29.3 Å². The number of likely N-dealkylation sites (tertiary alicyclic amines) is 1. The second-order valence-corrected chi connectivity index (χ2v) is 7.43. The van der Waals surface area contributed by atoms with Crippen LogP contribution in [0.1, 0.15) is 29.5 Å². The zero-order chi connectivity index (χ0) is 21.3. The number of nitrogens with zero attached hydrogens (tertiary/aromatic N) is 2. The van der Waals surface area contributed by atoms with Crippen LogP contribution in [0.3, 0.4) is 0 Å². The van der Waals surface area contributed by atoms with Crippen LogP contribution in [0.15, 0.2) is 41.2 Å². The van der Waals surface area contributed by atoms with Crippen LogP contribution >= 0.6 is 0 Å². The second kappa shape index (κ2) is 8.11. The van der Waals surface area contributed by atoms with E-state index in [9.17, 15) is 17.6 Å². The number of aliphatic imine (C=N–C) groups is 1. The average molecular weight is 422 g/mol. The number of fused-ring (bicyclic) bond motifs is 1. The van der Waals surface area contributed by atoms with Gasteiger partial charge in [0, 0.05) is 29.8 Å². The van der Waals surface area contributed by atoms with E-state index < -0.39 is 17.6 Å². The molecule has 10 heteroatoms. The quantitative estimate of drug-likeness (QED) is 0.346. The minimum atomic E-state index is -4.55. The highest BCUT2D eigenvalue weighted by Gasteiger charge is 2.32. The van der Waals surface area contributed by atoms with Gasteiger partial charge in [0.25, 0.3) is 0 Å². The van der Waals surface area contributed by atoms with Crippen molar-refractivity contribution in [3.05, 3.63) is 58.7 Å². The van der Waals surface area contributed by atoms with E-state index in [0.29, 0.717) is 19.2 Å². The van der Waals surface area contributed by atoms with Gasteiger partial charge >= 0.3 is 6.18 Å². The van der Waals surface area contributed by atoms with Gasteiger partial charge in [0.05, 0.1) is 23.3 Å². The summed E-state index contributed by atoms with van der Waals surface area (Å²) in [5, 5.41) is 3.16. The van der Waals surface area contributed by atoms with Crippen LogP contribution in [-0.2, 0) is 12.7 Å². The van der Waals surface area contributed by atoms with E-state index in [0.717, 1.165) is 41.7 Å². The zero-order valence-electron chi connectivity index (χ0n) is 16.1. The maximum absolute atomic E-state index is 14.2. The predicted octanol–water partition coefficient (Wildman–Crippen LogP) is 3.48. The number of benzene rings is 1. The van der Waals surface area contributed by atoms with Crippen molar-refractivity contribution in [2.45, 2.75) is 25.6 Å². The van der Waals surface area contributed by atoms with E-state index in [-0.39, 0.29) is 18.0 Å². The summed E-state index contributed by atoms with van der Waals surface area (Å²) < 4.78 is 52.3. The summed E-state index contributed by atoms with van der Waals surface area (Å²) in [6.45, 7) is 1.63. The average Bonchev–Trinajstić information content (AvgIpc) is 3.20. The third-order valence-electron chi connectivity index (χ3n) is 5.59. The molecule has 4 rings (SSSR count). The summed E-state index contributed by atoms with van der Waals surface area (Å²) in [7, 11) is 0. The highest BCUT2D eigenvalue weighted by atomic mass is 19.4. The Balaban J connectivity index is 1.43. The third-order valence-corrected chi connectivity index (χ3v) is 5.59. The minimum absolute atomic E-state index is 0.167. The molecule has 5 N–H and O–H groups in total. The Morgan fingerprint density at radius 2 is 2.00 bits per heavy atom. The molecule has 6 nitrogen and oxygen atoms in total. The van der Waals surface area contributed by atoms with E-state index >= 15 is 0 Å². The molecule has 1 aromatic heterocycles. The molecule has 1 saturated heterocycles. The van der Waals surface area contributed by atoms with E-state index in [4.69, 9.17) is 5.84 Å². The maximum Gasteiger partial charge on any atom is 0.416 e. The van der Waals surface area contributed by atoms with Gasteiger partial charge in [0.1, 0.15) is 11.6 Å². The van der Waals surface area contributed by atoms with Gasteiger partial charge in [-0.15, -0.1) is 0 Å². The van der Waals surface area contributed by atoms with E-state index in [2.05, 4.69) is 20.7 Å². The number of rotatable bonds is 4. The zero-order valence-corrected chi connectivity index (χ0v) is 16.1. The van der Waals surface area contributed by atoms with E-state index in [1.54, 1.807) is 6.34 Å². The summed E-state index contributed by atoms with van der Waals surface area (Å²) in [4.78, 5) is 9.35. The normalized spacial score (nSPS) is 19.4. The van der Waals surface area contributed by atoms with Crippen LogP contribution in [0.2, 0.25) is 0 Å². The summed E-state index contributed by atoms with van der Waals surface area (Å²) in [5.74, 6) is 5.92. The van der Waals surface area contributed by atoms with Gasteiger partial charge in [0.2, 0.25) is 0 Å². The van der Waals surface area contributed by atoms with Gasteiger partial charge in [0.15, 0.2) is 0 Å². The summed E-state index contributed by atoms with van der Waals surface area (Å²) in [6.07, 6.45) is 0.431. The number of H-pyrrole nitrogens is 1. The van der Waals surface area contributed by atoms with Crippen molar-refractivity contribution in [1.29, 1.82) is 0 Å². The smallest absolute Gasteiger partial charge is 0.346 e. The number of aromatic nitrogens is 1. The van der Waals surface area contributed by atoms with Gasteiger partial charge in [-0.05, 0) is 44.1 Å². The van der Waals surface area contributed by atoms with Crippen LogP contribution in [0, 0.1) is 11.7 Å². The first-order chi connectivity index (χ1) is 14.4. The molecule has 2 aliphatic rings. The second-order valence-electron chi connectivity index (χ2n) is 7.43. The molecule has 0 unspecified atom stereocenters. The molecule has 1 fully saturated rings. The lowest BCUT2D eigenvalue weighted by Gasteiger charge is -2.34. The Kier molecular flexibility index (Phi) is 5.52. The molecule has 1 aromatic carbocycles. The molecule has 0 amide bonds. The van der Waals surface area contributed by atoms with Gasteiger partial charge in [-0.3, -0.25) is 10.7 Å². The van der Waals surface area contributed by atoms with Gasteiger partial charge in [-0.1, -0.05) is 6.07 Å². The number of halogens is 4. The minimum Gasteiger partial charge on any atom is -0.346 e. The van der Waals surface area contributed by atoms with Crippen molar-refractivity contribution in [2.24, 2.45) is 16.8 Å². The van der Waals surface area contributed by atoms with Crippen molar-refractivity contribution < 1.29 is 17.6 Å². The first-order valence-corrected chi connectivity index (χ1v) is 9.62. The molecule has 30 heavy (non-hydrogen) atoms. The first-order valence-electron chi connectivity index (χ1n) is 9.62. The highest BCUT2D eigenvalue weighted by molar-refractivity contribution is 5.87. The number of hydrazine groups is 1. The molecule has 0 bridgehead atoms. The molecular weight excluding hydrogens is 400 g/mol. The standard InChI is InChI=1S/C20H22F4N6/c21-16-9-14(20(22,23)24)2-1-13(16)10-30-7-4-12(5-8-30)17(29-25)18-15-3-6-26-19(15)28-11-27-18/h1-3,6,9,11-12,26,29H,4-5,7-8,10,25H2,(H,27,28)/b18-17-. The highest BCUT2D eigenvalue weighted by Crippen LogP contribution is 2.34. The van der Waals surface area contributed by atoms with Crippen LogP contribution < -0.4 is 16.6 Å². The van der Waals surface area contributed by atoms with Crippen LogP contribution in [0.25, 0.3) is 5.70 Å². The molecule has 0 atom stereocenters. The molecule has 0 saturated carbocycles. The van der Waals surface area contributed by atoms with Crippen molar-refractivity contribution >= 4 is 17.9 Å². The number of allylic oxidation sites excluding steroid dienone is 1. The Labute approximate surface area is 170 Å². The molecule has 0 spiro atoms. The van der Waals surface area contributed by atoms with Crippen molar-refractivity contribution in [1.82, 2.24) is 20.6 Å². The van der Waals surface area contributed by atoms with Crippen LogP contribution in [0.4, 0.5) is 23.4 Å². The van der Waals surface area contributed by atoms with E-state index in [1.165, 1.54) is 6.07 Å². The number of aromatic amines is 1. The fourth-order valence-electron chi connectivity index (χ4n) is 4.00. The number of hydrogen-bond acceptors (Lipinski definition) is 5. The Hall–Kier alpha value is -2.85. The fourth-order valence-corrected chi connectivity index (χ4v) is 4.00. The molecular formula is C20H22F4N6. The Morgan fingerprint density at radius 3 is 2.67 bits per heavy atom. The monoisotopic (exact) mass is 422 g/mol. The lowest BCUT2D eigenvalue weighted by molar-refractivity contribution is -0.137. The van der Waals surface area contributed by atoms with Crippen molar-refractivity contribution in [2.75, 3.05) is 13.1 Å². The largest absolute Gasteiger partial charge is 0.416 e. The Morgan fingerprint density at radius 1 is 1.23 bits per heavy atom. The van der Waals surface area contributed by atoms with Gasteiger partial charge in [-0.25, -0.2) is 9.38 Å². The summed E-state index contributed by atoms with van der Waals surface area (Å²) in [5.41, 5.74) is 4.79. The topological polar surface area (TPSA) is 81.5 Å². The Bertz CT molecular complexity index is 970. The molecule has 0 radical (unpaired) electrons. The molecule has 3 heterocycles. The summed E-state index contributed by atoms with van der Waals surface area (Å²) >= 11 is 0. The maximum atomic E-state index is 14.2.